The molecule has 146 valence electrons. The molecule has 1 saturated heterocycles. The monoisotopic (exact) mass is 391 g/mol. The molecule has 1 aromatic heterocycles. The van der Waals surface area contributed by atoms with Crippen molar-refractivity contribution in [1.29, 1.82) is 0 Å². The zero-order valence-electron chi connectivity index (χ0n) is 15.4. The van der Waals surface area contributed by atoms with Crippen molar-refractivity contribution in [3.63, 3.8) is 0 Å². The van der Waals surface area contributed by atoms with E-state index in [-0.39, 0.29) is 12.3 Å². The highest BCUT2D eigenvalue weighted by molar-refractivity contribution is 7.88. The first-order valence-corrected chi connectivity index (χ1v) is 10.6. The number of nitrogens with one attached hydrogen (secondary N) is 2. The summed E-state index contributed by atoms with van der Waals surface area (Å²) in [7, 11) is -3.38. The van der Waals surface area contributed by atoms with Crippen LogP contribution in [-0.2, 0) is 20.5 Å². The molecule has 0 amide bonds. The summed E-state index contributed by atoms with van der Waals surface area (Å²) in [6.07, 6.45) is 1.72. The molecular formula is C18H25N5O3S. The second-order valence-electron chi connectivity index (χ2n) is 6.46. The van der Waals surface area contributed by atoms with E-state index in [0.29, 0.717) is 25.6 Å². The van der Waals surface area contributed by atoms with Crippen LogP contribution in [0, 0.1) is 6.92 Å². The quantitative estimate of drug-likeness (QED) is 0.652. The Labute approximate surface area is 160 Å². The number of sulfonamides is 1. The van der Waals surface area contributed by atoms with E-state index >= 15 is 0 Å². The maximum atomic E-state index is 12.2. The molecular weight excluding hydrogens is 366 g/mol. The molecule has 9 heteroatoms. The van der Waals surface area contributed by atoms with Gasteiger partial charge in [0, 0.05) is 32.2 Å². The largest absolute Gasteiger partial charge is 0.378 e. The fourth-order valence-corrected chi connectivity index (χ4v) is 3.94. The molecule has 2 heterocycles. The lowest BCUT2D eigenvalue weighted by Gasteiger charge is -2.28. The molecule has 0 unspecified atom stereocenters. The molecule has 1 aromatic carbocycles. The molecule has 1 aliphatic rings. The van der Waals surface area contributed by atoms with Gasteiger partial charge in [0.05, 0.1) is 30.9 Å². The van der Waals surface area contributed by atoms with Crippen LogP contribution in [0.4, 0.5) is 11.5 Å². The van der Waals surface area contributed by atoms with Crippen LogP contribution in [-0.4, -0.2) is 58.0 Å². The van der Waals surface area contributed by atoms with Gasteiger partial charge in [0.25, 0.3) is 0 Å². The summed E-state index contributed by atoms with van der Waals surface area (Å²) in [5.74, 6) is 0.594. The van der Waals surface area contributed by atoms with Crippen LogP contribution in [0.15, 0.2) is 36.5 Å². The van der Waals surface area contributed by atoms with E-state index in [1.807, 2.05) is 37.3 Å². The summed E-state index contributed by atoms with van der Waals surface area (Å²) < 4.78 is 32.3. The van der Waals surface area contributed by atoms with Crippen LogP contribution < -0.4 is 14.9 Å². The predicted octanol–water partition coefficient (Wildman–Crippen LogP) is 1.15. The fraction of sp³-hybridized carbons (Fsp3) is 0.444. The number of hydrogen-bond acceptors (Lipinski definition) is 7. The van der Waals surface area contributed by atoms with Crippen molar-refractivity contribution in [3.8, 4) is 0 Å². The summed E-state index contributed by atoms with van der Waals surface area (Å²) in [6.45, 7) is 5.72. The van der Waals surface area contributed by atoms with Crippen molar-refractivity contribution in [2.24, 2.45) is 0 Å². The molecule has 0 spiro atoms. The fourth-order valence-electron chi connectivity index (χ4n) is 2.79. The van der Waals surface area contributed by atoms with Gasteiger partial charge in [-0.3, -0.25) is 0 Å². The van der Waals surface area contributed by atoms with Crippen LogP contribution >= 0.6 is 0 Å². The molecule has 0 radical (unpaired) electrons. The average Bonchev–Trinajstić information content (AvgIpc) is 2.68. The number of ether oxygens (including phenoxy) is 1. The van der Waals surface area contributed by atoms with Gasteiger partial charge in [-0.15, -0.1) is 5.10 Å². The third-order valence-corrected chi connectivity index (χ3v) is 5.60. The van der Waals surface area contributed by atoms with Gasteiger partial charge in [-0.25, -0.2) is 13.1 Å². The molecule has 1 aliphatic heterocycles. The molecule has 2 N–H and O–H groups in total. The van der Waals surface area contributed by atoms with Crippen molar-refractivity contribution >= 4 is 21.5 Å². The minimum absolute atomic E-state index is 0.0282. The minimum Gasteiger partial charge on any atom is -0.378 e. The van der Waals surface area contributed by atoms with Gasteiger partial charge < -0.3 is 15.0 Å². The van der Waals surface area contributed by atoms with E-state index in [4.69, 9.17) is 4.74 Å². The average molecular weight is 391 g/mol. The van der Waals surface area contributed by atoms with Gasteiger partial charge in [0.1, 0.15) is 0 Å². The Morgan fingerprint density at radius 1 is 1.15 bits per heavy atom. The lowest BCUT2D eigenvalue weighted by molar-refractivity contribution is 0.122. The molecule has 1 fully saturated rings. The van der Waals surface area contributed by atoms with Crippen LogP contribution in [0.3, 0.4) is 0 Å². The molecule has 0 saturated carbocycles. The third kappa shape index (κ3) is 6.16. The molecule has 0 bridgehead atoms. The second kappa shape index (κ2) is 9.12. The molecule has 8 nitrogen and oxygen atoms in total. The number of aromatic nitrogens is 2. The standard InChI is InChI=1S/C18H25N5O3S/c1-15-2-4-16(5-3-15)14-27(24,25)21-7-6-19-18-12-17(13-20-22-18)23-8-10-26-11-9-23/h2-5,12-13,21H,6-11,14H2,1H3,(H,19,22). The number of benzene rings is 1. The Kier molecular flexibility index (Phi) is 6.59. The Hall–Kier alpha value is -2.23. The lowest BCUT2D eigenvalue weighted by Crippen LogP contribution is -2.36. The van der Waals surface area contributed by atoms with E-state index < -0.39 is 10.0 Å². The highest BCUT2D eigenvalue weighted by atomic mass is 32.2. The van der Waals surface area contributed by atoms with Crippen molar-refractivity contribution in [2.75, 3.05) is 49.6 Å². The van der Waals surface area contributed by atoms with Gasteiger partial charge in [0.15, 0.2) is 5.82 Å². The second-order valence-corrected chi connectivity index (χ2v) is 8.27. The summed E-state index contributed by atoms with van der Waals surface area (Å²) in [5, 5.41) is 11.2. The first kappa shape index (κ1) is 19.5. The van der Waals surface area contributed by atoms with Crippen LogP contribution in [0.5, 0.6) is 0 Å². The van der Waals surface area contributed by atoms with E-state index in [9.17, 15) is 8.42 Å². The Morgan fingerprint density at radius 3 is 2.63 bits per heavy atom. The lowest BCUT2D eigenvalue weighted by atomic mass is 10.2. The van der Waals surface area contributed by atoms with E-state index in [0.717, 1.165) is 29.9 Å². The minimum atomic E-state index is -3.38. The van der Waals surface area contributed by atoms with Crippen LogP contribution in [0.25, 0.3) is 0 Å². The van der Waals surface area contributed by atoms with Crippen molar-refractivity contribution < 1.29 is 13.2 Å². The van der Waals surface area contributed by atoms with Crippen LogP contribution in [0.1, 0.15) is 11.1 Å². The van der Waals surface area contributed by atoms with E-state index in [1.165, 1.54) is 0 Å². The van der Waals surface area contributed by atoms with Gasteiger partial charge in [-0.2, -0.15) is 5.10 Å². The van der Waals surface area contributed by atoms with Crippen LogP contribution in [0.2, 0.25) is 0 Å². The molecule has 0 atom stereocenters. The SMILES string of the molecule is Cc1ccc(CS(=O)(=O)NCCNc2cc(N3CCOCC3)cnn2)cc1. The van der Waals surface area contributed by atoms with E-state index in [2.05, 4.69) is 25.1 Å². The van der Waals surface area contributed by atoms with Gasteiger partial charge >= 0.3 is 0 Å². The number of nitrogens with zero attached hydrogens (tertiary/aromatic N) is 3. The van der Waals surface area contributed by atoms with Crippen molar-refractivity contribution in [2.45, 2.75) is 12.7 Å². The number of rotatable bonds is 8. The Morgan fingerprint density at radius 2 is 1.89 bits per heavy atom. The predicted molar refractivity (Wildman–Crippen MR) is 105 cm³/mol. The third-order valence-electron chi connectivity index (χ3n) is 4.25. The summed E-state index contributed by atoms with van der Waals surface area (Å²) in [5.41, 5.74) is 2.86. The van der Waals surface area contributed by atoms with Crippen molar-refractivity contribution in [3.05, 3.63) is 47.7 Å². The first-order valence-electron chi connectivity index (χ1n) is 8.94. The number of morpholine rings is 1. The smallest absolute Gasteiger partial charge is 0.215 e. The van der Waals surface area contributed by atoms with Gasteiger partial charge in [-0.1, -0.05) is 29.8 Å². The highest BCUT2D eigenvalue weighted by Gasteiger charge is 2.13. The number of aryl methyl sites for hydroxylation is 1. The summed E-state index contributed by atoms with van der Waals surface area (Å²) in [4.78, 5) is 2.19. The Balaban J connectivity index is 1.46. The van der Waals surface area contributed by atoms with Gasteiger partial charge in [-0.05, 0) is 12.5 Å². The maximum absolute atomic E-state index is 12.2. The normalized spacial score (nSPS) is 14.9. The zero-order valence-corrected chi connectivity index (χ0v) is 16.2. The maximum Gasteiger partial charge on any atom is 0.215 e. The molecule has 0 aliphatic carbocycles. The molecule has 27 heavy (non-hydrogen) atoms. The van der Waals surface area contributed by atoms with Gasteiger partial charge in [0.2, 0.25) is 10.0 Å². The topological polar surface area (TPSA) is 96.5 Å². The number of hydrogen-bond donors (Lipinski definition) is 2. The summed E-state index contributed by atoms with van der Waals surface area (Å²) >= 11 is 0. The van der Waals surface area contributed by atoms with E-state index in [1.54, 1.807) is 6.20 Å². The highest BCUT2D eigenvalue weighted by Crippen LogP contribution is 2.16. The summed E-state index contributed by atoms with van der Waals surface area (Å²) in [6, 6.07) is 9.40. The number of anilines is 2. The first-order chi connectivity index (χ1) is 13.0. The molecule has 3 rings (SSSR count). The van der Waals surface area contributed by atoms with Crippen molar-refractivity contribution in [1.82, 2.24) is 14.9 Å². The Bertz CT molecular complexity index is 836. The zero-order chi connectivity index (χ0) is 19.1. The molecule has 2 aromatic rings.